The van der Waals surface area contributed by atoms with Crippen LogP contribution in [0.3, 0.4) is 0 Å². The van der Waals surface area contributed by atoms with Crippen LogP contribution in [0, 0.1) is 23.1 Å². The zero-order chi connectivity index (χ0) is 58.3. The van der Waals surface area contributed by atoms with Crippen LogP contribution in [0.25, 0.3) is 54.5 Å². The molecule has 3 aliphatic rings. The van der Waals surface area contributed by atoms with E-state index in [2.05, 4.69) is 50.7 Å². The maximum atomic E-state index is 15.5. The number of amides is 2. The van der Waals surface area contributed by atoms with Gasteiger partial charge in [0, 0.05) is 91.0 Å². The summed E-state index contributed by atoms with van der Waals surface area (Å²) < 4.78 is 36.4. The van der Waals surface area contributed by atoms with Gasteiger partial charge in [0.25, 0.3) is 0 Å². The number of nitrogens with zero attached hydrogens (tertiary/aromatic N) is 9. The molecule has 4 unspecified atom stereocenters. The zero-order valence-electron chi connectivity index (χ0n) is 46.5. The van der Waals surface area contributed by atoms with E-state index in [1.807, 2.05) is 79.5 Å². The van der Waals surface area contributed by atoms with Crippen molar-refractivity contribution in [2.24, 2.45) is 5.92 Å². The van der Waals surface area contributed by atoms with Crippen molar-refractivity contribution in [2.45, 2.75) is 96.7 Å². The standard InChI is InChI=1S/C47H52ClFN10O4S.C14H13ClN2O2/c1-5-30-23-57(18-16-52-30)45-33-21-35(48)39(32-12-13-36(49)43-38(32)34(22-50)44(51)64-43)42(40(33)53-47(54-45)63-31-14-19-61-20-15-31)62-25-28-8-10-29(11-9-28)37-24-59(56-55-37)41(26(2)3)46(60)58-17-6-7-27(58)4;15-13-5-6-16-7-12(13)10-1-3-11(4-2-10)14(8-18)17-9-19/h8-13,21,24,26-27,30-31,41,52H,5-7,14-20,23,25,51H2,1-4H3;1-7,9,14,18H,8H2,(H,17,19). The Bertz CT molecular complexity index is 3650. The normalized spacial score (nSPS) is 17.3. The second-order valence-electron chi connectivity index (χ2n) is 21.3. The van der Waals surface area contributed by atoms with Crippen LogP contribution in [0.5, 0.6) is 11.8 Å². The zero-order valence-corrected chi connectivity index (χ0v) is 48.9. The molecule has 3 aliphatic heterocycles. The predicted octanol–water partition coefficient (Wildman–Crippen LogP) is 10.7. The number of carbonyl (C=O) groups excluding carboxylic acids is 2. The summed E-state index contributed by atoms with van der Waals surface area (Å²) >= 11 is 14.5. The fourth-order valence-corrected chi connectivity index (χ4v) is 12.5. The molecule has 8 aromatic rings. The first-order chi connectivity index (χ1) is 40.3. The first kappa shape index (κ1) is 58.7. The molecule has 4 aromatic carbocycles. The first-order valence-electron chi connectivity index (χ1n) is 27.9. The summed E-state index contributed by atoms with van der Waals surface area (Å²) in [4.78, 5) is 42.5. The summed E-state index contributed by atoms with van der Waals surface area (Å²) in [6, 6.07) is 23.8. The Hall–Kier alpha value is -7.51. The van der Waals surface area contributed by atoms with Crippen molar-refractivity contribution in [3.05, 3.63) is 124 Å². The predicted molar refractivity (Wildman–Crippen MR) is 321 cm³/mol. The molecule has 0 saturated carbocycles. The second-order valence-corrected chi connectivity index (χ2v) is 23.1. The number of thiophene rings is 1. The Morgan fingerprint density at radius 2 is 1.81 bits per heavy atom. The Labute approximate surface area is 494 Å². The first-order valence-corrected chi connectivity index (χ1v) is 29.5. The SMILES string of the molecule is CCC1CN(c2nc(OC3CCOCC3)nc3c(OCc4ccc(-c5cn(C(C(=O)N6CCCC6C)C(C)C)nn5)cc4)c(-c4ccc(F)c5sc(N)c(C#N)c45)c(Cl)cc23)CCN1.O=CNC(CO)c1ccc(-c2cnccc2Cl)cc1. The van der Waals surface area contributed by atoms with Gasteiger partial charge in [-0.15, -0.1) is 16.4 Å². The number of rotatable bonds is 17. The number of hydrogen-bond donors (Lipinski definition) is 4. The topological polar surface area (TPSA) is 232 Å². The largest absolute Gasteiger partial charge is 0.486 e. The molecule has 0 radical (unpaired) electrons. The molecule has 0 aliphatic carbocycles. The smallest absolute Gasteiger partial charge is 0.319 e. The summed E-state index contributed by atoms with van der Waals surface area (Å²) in [5, 5.41) is 36.7. The van der Waals surface area contributed by atoms with E-state index >= 15 is 4.39 Å². The van der Waals surface area contributed by atoms with Gasteiger partial charge in [0.2, 0.25) is 12.3 Å². The van der Waals surface area contributed by atoms with Gasteiger partial charge in [-0.1, -0.05) is 104 Å². The minimum atomic E-state index is -0.495. The third-order valence-electron chi connectivity index (χ3n) is 15.5. The highest BCUT2D eigenvalue weighted by atomic mass is 35.5. The third kappa shape index (κ3) is 12.7. The van der Waals surface area contributed by atoms with Crippen molar-refractivity contribution < 1.29 is 33.3 Å². The lowest BCUT2D eigenvalue weighted by molar-refractivity contribution is -0.137. The molecule has 18 nitrogen and oxygen atoms in total. The summed E-state index contributed by atoms with van der Waals surface area (Å²) in [6.07, 6.45) is 9.94. The number of likely N-dealkylation sites (tertiary alicyclic amines) is 1. The van der Waals surface area contributed by atoms with Gasteiger partial charge in [-0.3, -0.25) is 14.6 Å². The molecule has 0 spiro atoms. The minimum Gasteiger partial charge on any atom is -0.486 e. The van der Waals surface area contributed by atoms with Crippen LogP contribution in [0.1, 0.15) is 88.6 Å². The van der Waals surface area contributed by atoms with Gasteiger partial charge in [-0.2, -0.15) is 15.2 Å². The van der Waals surface area contributed by atoms with Gasteiger partial charge in [0.1, 0.15) is 52.7 Å². The molecule has 83 heavy (non-hydrogen) atoms. The number of anilines is 2. The molecule has 3 saturated heterocycles. The van der Waals surface area contributed by atoms with Gasteiger partial charge in [-0.25, -0.2) is 9.07 Å². The number of nitrogens with one attached hydrogen (secondary N) is 2. The van der Waals surface area contributed by atoms with Crippen LogP contribution in [-0.2, 0) is 20.9 Å². The van der Waals surface area contributed by atoms with E-state index in [0.717, 1.165) is 71.5 Å². The number of carbonyl (C=O) groups is 2. The number of halogens is 3. The summed E-state index contributed by atoms with van der Waals surface area (Å²) in [7, 11) is 0. The van der Waals surface area contributed by atoms with Crippen molar-refractivity contribution in [2.75, 3.05) is 56.6 Å². The Morgan fingerprint density at radius 3 is 2.49 bits per heavy atom. The molecule has 5 N–H and O–H groups in total. The quantitative estimate of drug-likeness (QED) is 0.0621. The summed E-state index contributed by atoms with van der Waals surface area (Å²) in [6.45, 7) is 12.3. The number of pyridine rings is 1. The monoisotopic (exact) mass is 1180 g/mol. The highest BCUT2D eigenvalue weighted by Crippen LogP contribution is 2.50. The molecule has 4 aromatic heterocycles. The van der Waals surface area contributed by atoms with Crippen LogP contribution < -0.4 is 30.7 Å². The molecule has 432 valence electrons. The molecule has 0 bridgehead atoms. The number of nitrogens with two attached hydrogens (primary N) is 1. The molecule has 3 fully saturated rings. The van der Waals surface area contributed by atoms with E-state index in [0.29, 0.717) is 100 Å². The molecule has 4 atom stereocenters. The lowest BCUT2D eigenvalue weighted by Gasteiger charge is -2.35. The maximum absolute atomic E-state index is 15.5. The van der Waals surface area contributed by atoms with Crippen LogP contribution in [0.4, 0.5) is 15.2 Å². The summed E-state index contributed by atoms with van der Waals surface area (Å²) in [5.74, 6) is 0.593. The number of ether oxygens (including phenoxy) is 3. The lowest BCUT2D eigenvalue weighted by Crippen LogP contribution is -2.50. The number of aliphatic hydroxyl groups excluding tert-OH is 1. The van der Waals surface area contributed by atoms with E-state index in [4.69, 9.17) is 53.1 Å². The fourth-order valence-electron chi connectivity index (χ4n) is 11.0. The minimum absolute atomic E-state index is 0.0207. The number of fused-ring (bicyclic) bond motifs is 2. The number of aromatic nitrogens is 6. The number of nitrogen functional groups attached to an aromatic ring is 1. The molecular weight excluding hydrogens is 1120 g/mol. The summed E-state index contributed by atoms with van der Waals surface area (Å²) in [5.41, 5.74) is 12.8. The number of benzene rings is 4. The number of piperazine rings is 1. The van der Waals surface area contributed by atoms with Crippen molar-refractivity contribution in [1.29, 1.82) is 5.26 Å². The Morgan fingerprint density at radius 1 is 1.04 bits per heavy atom. The van der Waals surface area contributed by atoms with Crippen LogP contribution in [0.2, 0.25) is 10.0 Å². The Balaban J connectivity index is 0.000000343. The van der Waals surface area contributed by atoms with Crippen molar-refractivity contribution in [3.63, 3.8) is 0 Å². The maximum Gasteiger partial charge on any atom is 0.319 e. The van der Waals surface area contributed by atoms with Crippen molar-refractivity contribution in [3.8, 4) is 51.3 Å². The van der Waals surface area contributed by atoms with E-state index in [-0.39, 0.29) is 64.5 Å². The lowest BCUT2D eigenvalue weighted by atomic mass is 9.96. The van der Waals surface area contributed by atoms with Gasteiger partial charge < -0.3 is 45.5 Å². The van der Waals surface area contributed by atoms with Crippen molar-refractivity contribution in [1.82, 2.24) is 45.5 Å². The van der Waals surface area contributed by atoms with Crippen LogP contribution in [-0.4, -0.2) is 116 Å². The number of nitriles is 1. The van der Waals surface area contributed by atoms with Gasteiger partial charge >= 0.3 is 6.01 Å². The molecular formula is C61H65Cl2FN12O6S. The molecule has 11 rings (SSSR count). The second kappa shape index (κ2) is 26.4. The highest BCUT2D eigenvalue weighted by Gasteiger charge is 2.35. The van der Waals surface area contributed by atoms with E-state index in [1.165, 1.54) is 6.07 Å². The average Bonchev–Trinajstić information content (AvgIpc) is 4.11. The fraction of sp³-hybridized carbons (Fsp3) is 0.377. The average molecular weight is 1180 g/mol. The van der Waals surface area contributed by atoms with E-state index in [9.17, 15) is 20.0 Å². The number of hydrogen-bond acceptors (Lipinski definition) is 16. The van der Waals surface area contributed by atoms with E-state index in [1.54, 1.807) is 29.2 Å². The van der Waals surface area contributed by atoms with E-state index < -0.39 is 17.9 Å². The third-order valence-corrected chi connectivity index (χ3v) is 17.2. The van der Waals surface area contributed by atoms with Crippen LogP contribution >= 0.6 is 34.5 Å². The van der Waals surface area contributed by atoms with Crippen molar-refractivity contribution >= 4 is 78.7 Å². The highest BCUT2D eigenvalue weighted by molar-refractivity contribution is 7.23. The molecule has 2 amide bonds. The molecule has 22 heteroatoms. The van der Waals surface area contributed by atoms with Gasteiger partial charge in [0.15, 0.2) is 5.75 Å². The molecule has 7 heterocycles. The number of aliphatic hydroxyl groups is 1. The van der Waals surface area contributed by atoms with Crippen LogP contribution in [0.15, 0.2) is 91.4 Å². The Kier molecular flexibility index (Phi) is 18.7. The van der Waals surface area contributed by atoms with Gasteiger partial charge in [0.05, 0.1) is 52.4 Å². The van der Waals surface area contributed by atoms with Gasteiger partial charge in [-0.05, 0) is 72.6 Å².